The third-order valence-electron chi connectivity index (χ3n) is 4.32. The minimum Gasteiger partial charge on any atom is -0.472 e. The molecular weight excluding hydrogens is 342 g/mol. The Bertz CT molecular complexity index is 753. The van der Waals surface area contributed by atoms with Crippen molar-refractivity contribution < 1.29 is 14.0 Å². The van der Waals surface area contributed by atoms with Crippen molar-refractivity contribution in [1.82, 2.24) is 10.2 Å². The Morgan fingerprint density at radius 2 is 2.00 bits per heavy atom. The zero-order chi connectivity index (χ0) is 17.8. The van der Waals surface area contributed by atoms with Crippen molar-refractivity contribution in [3.8, 4) is 0 Å². The van der Waals surface area contributed by atoms with Gasteiger partial charge in [0, 0.05) is 29.8 Å². The number of anilines is 1. The Morgan fingerprint density at radius 3 is 2.64 bits per heavy atom. The van der Waals surface area contributed by atoms with Crippen LogP contribution in [0, 0.1) is 6.92 Å². The third kappa shape index (κ3) is 4.33. The van der Waals surface area contributed by atoms with Crippen LogP contribution in [0.2, 0.25) is 5.02 Å². The van der Waals surface area contributed by atoms with Crippen LogP contribution in [0.4, 0.5) is 10.5 Å². The number of benzene rings is 1. The SMILES string of the molecule is Cc1ccc(NC(=O)NC2CCN(C(=O)c3ccoc3)CC2)cc1Cl. The van der Waals surface area contributed by atoms with Crippen LogP contribution in [0.3, 0.4) is 0 Å². The summed E-state index contributed by atoms with van der Waals surface area (Å²) in [5.74, 6) is -0.0362. The van der Waals surface area contributed by atoms with Crippen LogP contribution in [-0.4, -0.2) is 36.0 Å². The van der Waals surface area contributed by atoms with E-state index < -0.39 is 0 Å². The maximum absolute atomic E-state index is 12.2. The number of rotatable bonds is 3. The predicted octanol–water partition coefficient (Wildman–Crippen LogP) is 3.67. The number of halogens is 1. The van der Waals surface area contributed by atoms with Gasteiger partial charge in [0.1, 0.15) is 6.26 Å². The highest BCUT2D eigenvalue weighted by Gasteiger charge is 2.25. The van der Waals surface area contributed by atoms with E-state index >= 15 is 0 Å². The van der Waals surface area contributed by atoms with E-state index in [4.69, 9.17) is 16.0 Å². The van der Waals surface area contributed by atoms with E-state index in [1.165, 1.54) is 12.5 Å². The molecule has 2 aromatic rings. The summed E-state index contributed by atoms with van der Waals surface area (Å²) in [6.45, 7) is 3.11. The second-order valence-corrected chi connectivity index (χ2v) is 6.55. The highest BCUT2D eigenvalue weighted by Crippen LogP contribution is 2.20. The van der Waals surface area contributed by atoms with Crippen LogP contribution in [0.15, 0.2) is 41.2 Å². The van der Waals surface area contributed by atoms with Gasteiger partial charge in [0.15, 0.2) is 0 Å². The van der Waals surface area contributed by atoms with Gasteiger partial charge in [-0.15, -0.1) is 0 Å². The number of amides is 3. The second kappa shape index (κ2) is 7.61. The van der Waals surface area contributed by atoms with Gasteiger partial charge in [-0.25, -0.2) is 4.79 Å². The number of nitrogens with zero attached hydrogens (tertiary/aromatic N) is 1. The van der Waals surface area contributed by atoms with Crippen LogP contribution in [0.25, 0.3) is 0 Å². The highest BCUT2D eigenvalue weighted by atomic mass is 35.5. The van der Waals surface area contributed by atoms with Crippen molar-refractivity contribution in [1.29, 1.82) is 0 Å². The number of hydrogen-bond acceptors (Lipinski definition) is 3. The lowest BCUT2D eigenvalue weighted by Gasteiger charge is -2.32. The maximum atomic E-state index is 12.2. The van der Waals surface area contributed by atoms with Gasteiger partial charge in [0.05, 0.1) is 11.8 Å². The lowest BCUT2D eigenvalue weighted by Crippen LogP contribution is -2.47. The number of aryl methyl sites for hydroxylation is 1. The number of carbonyl (C=O) groups is 2. The maximum Gasteiger partial charge on any atom is 0.319 e. The number of hydrogen-bond donors (Lipinski definition) is 2. The van der Waals surface area contributed by atoms with Gasteiger partial charge in [0.25, 0.3) is 5.91 Å². The van der Waals surface area contributed by atoms with Gasteiger partial charge in [0.2, 0.25) is 0 Å². The Hall–Kier alpha value is -2.47. The second-order valence-electron chi connectivity index (χ2n) is 6.14. The molecule has 0 radical (unpaired) electrons. The molecule has 0 unspecified atom stereocenters. The monoisotopic (exact) mass is 361 g/mol. The molecule has 0 aliphatic carbocycles. The number of urea groups is 1. The number of nitrogens with one attached hydrogen (secondary N) is 2. The molecule has 1 saturated heterocycles. The van der Waals surface area contributed by atoms with Crippen LogP contribution in [0.1, 0.15) is 28.8 Å². The van der Waals surface area contributed by atoms with E-state index in [0.29, 0.717) is 42.2 Å². The van der Waals surface area contributed by atoms with E-state index in [0.717, 1.165) is 5.56 Å². The van der Waals surface area contributed by atoms with Crippen molar-refractivity contribution in [2.45, 2.75) is 25.8 Å². The molecule has 1 fully saturated rings. The standard InChI is InChI=1S/C18H20ClN3O3/c1-12-2-3-15(10-16(12)19)21-18(24)20-14-4-7-22(8-5-14)17(23)13-6-9-25-11-13/h2-3,6,9-11,14H,4-5,7-8H2,1H3,(H2,20,21,24). The minimum absolute atomic E-state index is 0.0362. The number of carbonyl (C=O) groups excluding carboxylic acids is 2. The van der Waals surface area contributed by atoms with Gasteiger partial charge in [-0.3, -0.25) is 4.79 Å². The molecule has 7 heteroatoms. The van der Waals surface area contributed by atoms with Crippen molar-refractivity contribution in [3.05, 3.63) is 52.9 Å². The van der Waals surface area contributed by atoms with Gasteiger partial charge in [-0.05, 0) is 43.5 Å². The normalized spacial score (nSPS) is 15.0. The van der Waals surface area contributed by atoms with Gasteiger partial charge in [-0.1, -0.05) is 17.7 Å². The van der Waals surface area contributed by atoms with E-state index in [1.54, 1.807) is 17.0 Å². The molecule has 0 atom stereocenters. The molecule has 0 saturated carbocycles. The summed E-state index contributed by atoms with van der Waals surface area (Å²) in [5, 5.41) is 6.35. The molecule has 0 bridgehead atoms. The van der Waals surface area contributed by atoms with Crippen molar-refractivity contribution in [2.75, 3.05) is 18.4 Å². The first-order chi connectivity index (χ1) is 12.0. The summed E-state index contributed by atoms with van der Waals surface area (Å²) in [6.07, 6.45) is 4.37. The number of furan rings is 1. The molecule has 1 aromatic carbocycles. The van der Waals surface area contributed by atoms with Crippen molar-refractivity contribution in [2.24, 2.45) is 0 Å². The first-order valence-corrected chi connectivity index (χ1v) is 8.56. The predicted molar refractivity (Wildman–Crippen MR) is 96.0 cm³/mol. The topological polar surface area (TPSA) is 74.6 Å². The molecular formula is C18H20ClN3O3. The smallest absolute Gasteiger partial charge is 0.319 e. The summed E-state index contributed by atoms with van der Waals surface area (Å²) >= 11 is 6.06. The largest absolute Gasteiger partial charge is 0.472 e. The Kier molecular flexibility index (Phi) is 5.28. The molecule has 2 N–H and O–H groups in total. The fraction of sp³-hybridized carbons (Fsp3) is 0.333. The summed E-state index contributed by atoms with van der Waals surface area (Å²) < 4.78 is 4.95. The fourth-order valence-electron chi connectivity index (χ4n) is 2.82. The Morgan fingerprint density at radius 1 is 1.24 bits per heavy atom. The fourth-order valence-corrected chi connectivity index (χ4v) is 3.00. The summed E-state index contributed by atoms with van der Waals surface area (Å²) in [7, 11) is 0. The molecule has 132 valence electrons. The quantitative estimate of drug-likeness (QED) is 0.875. The van der Waals surface area contributed by atoms with Crippen LogP contribution in [-0.2, 0) is 0 Å². The molecule has 1 aliphatic heterocycles. The molecule has 6 nitrogen and oxygen atoms in total. The van der Waals surface area contributed by atoms with Crippen LogP contribution < -0.4 is 10.6 Å². The molecule has 25 heavy (non-hydrogen) atoms. The lowest BCUT2D eigenvalue weighted by atomic mass is 10.0. The molecule has 1 aromatic heterocycles. The zero-order valence-corrected chi connectivity index (χ0v) is 14.7. The first kappa shape index (κ1) is 17.4. The van der Waals surface area contributed by atoms with Crippen molar-refractivity contribution in [3.63, 3.8) is 0 Å². The van der Waals surface area contributed by atoms with Gasteiger partial charge < -0.3 is 20.0 Å². The number of piperidine rings is 1. The summed E-state index contributed by atoms with van der Waals surface area (Å²) in [4.78, 5) is 26.1. The van der Waals surface area contributed by atoms with E-state index in [2.05, 4.69) is 10.6 Å². The van der Waals surface area contributed by atoms with E-state index in [-0.39, 0.29) is 18.0 Å². The zero-order valence-electron chi connectivity index (χ0n) is 13.9. The van der Waals surface area contributed by atoms with E-state index in [9.17, 15) is 9.59 Å². The Labute approximate surface area is 151 Å². The Balaban J connectivity index is 1.47. The summed E-state index contributed by atoms with van der Waals surface area (Å²) in [5.41, 5.74) is 2.17. The van der Waals surface area contributed by atoms with Gasteiger partial charge >= 0.3 is 6.03 Å². The van der Waals surface area contributed by atoms with Crippen molar-refractivity contribution >= 4 is 29.2 Å². The third-order valence-corrected chi connectivity index (χ3v) is 4.72. The van der Waals surface area contributed by atoms with Crippen LogP contribution in [0.5, 0.6) is 0 Å². The average molecular weight is 362 g/mol. The first-order valence-electron chi connectivity index (χ1n) is 8.18. The average Bonchev–Trinajstić information content (AvgIpc) is 3.13. The molecule has 3 rings (SSSR count). The molecule has 2 heterocycles. The van der Waals surface area contributed by atoms with Crippen LogP contribution >= 0.6 is 11.6 Å². The molecule has 0 spiro atoms. The highest BCUT2D eigenvalue weighted by molar-refractivity contribution is 6.31. The molecule has 1 aliphatic rings. The minimum atomic E-state index is -0.264. The lowest BCUT2D eigenvalue weighted by molar-refractivity contribution is 0.0708. The molecule has 3 amide bonds. The van der Waals surface area contributed by atoms with E-state index in [1.807, 2.05) is 19.1 Å². The summed E-state index contributed by atoms with van der Waals surface area (Å²) in [6, 6.07) is 6.83. The number of likely N-dealkylation sites (tertiary alicyclic amines) is 1. The van der Waals surface area contributed by atoms with Gasteiger partial charge in [-0.2, -0.15) is 0 Å².